The first-order chi connectivity index (χ1) is 19.9. The Bertz CT molecular complexity index is 1130. The molecule has 0 amide bonds. The van der Waals surface area contributed by atoms with Crippen molar-refractivity contribution < 1.29 is 28.6 Å². The molecule has 0 aromatic rings. The van der Waals surface area contributed by atoms with E-state index < -0.39 is 25.0 Å². The number of hydrogen-bond acceptors (Lipinski definition) is 6. The van der Waals surface area contributed by atoms with Crippen LogP contribution < -0.4 is 0 Å². The minimum Gasteiger partial charge on any atom is -0.393 e. The van der Waals surface area contributed by atoms with Crippen molar-refractivity contribution in [1.29, 1.82) is 0 Å². The van der Waals surface area contributed by atoms with Crippen molar-refractivity contribution >= 4 is 13.4 Å². The minimum atomic E-state index is -3.81. The summed E-state index contributed by atoms with van der Waals surface area (Å²) in [5.41, 5.74) is 3.18. The van der Waals surface area contributed by atoms with Gasteiger partial charge in [0, 0.05) is 6.42 Å². The Kier molecular flexibility index (Phi) is 12.2. The summed E-state index contributed by atoms with van der Waals surface area (Å²) in [5.74, 6) is 0.721. The monoisotopic (exact) mass is 600 g/mol. The topological polar surface area (TPSA) is 93.1 Å². The van der Waals surface area contributed by atoms with Crippen LogP contribution in [-0.4, -0.2) is 46.6 Å². The normalized spacial score (nSPS) is 31.4. The number of aliphatic hydroxyl groups excluding tert-OH is 2. The molecule has 234 valence electrons. The molecule has 0 bridgehead atoms. The Morgan fingerprint density at radius 2 is 1.79 bits per heavy atom. The van der Waals surface area contributed by atoms with Crippen molar-refractivity contribution in [2.75, 3.05) is 13.2 Å². The lowest BCUT2D eigenvalue weighted by Gasteiger charge is -2.44. The molecular weight excluding hydrogens is 547 g/mol. The maximum absolute atomic E-state index is 14.0. The van der Waals surface area contributed by atoms with Crippen LogP contribution in [0.4, 0.5) is 0 Å². The first-order valence-electron chi connectivity index (χ1n) is 15.7. The summed E-state index contributed by atoms with van der Waals surface area (Å²) >= 11 is 0. The van der Waals surface area contributed by atoms with Crippen LogP contribution >= 0.6 is 7.60 Å². The van der Waals surface area contributed by atoms with Gasteiger partial charge in [-0.25, -0.2) is 0 Å². The zero-order valence-electron chi connectivity index (χ0n) is 26.2. The molecule has 0 aromatic heterocycles. The Labute approximate surface area is 253 Å². The maximum atomic E-state index is 14.0. The molecule has 3 rings (SSSR count). The maximum Gasteiger partial charge on any atom is 0.345 e. The molecule has 2 N–H and O–H groups in total. The molecule has 0 aromatic carbocycles. The molecule has 0 saturated heterocycles. The zero-order chi connectivity index (χ0) is 31.1. The lowest BCUT2D eigenvalue weighted by atomic mass is 9.61. The summed E-state index contributed by atoms with van der Waals surface area (Å²) in [6.45, 7) is 20.2. The van der Waals surface area contributed by atoms with Crippen LogP contribution in [0.15, 0.2) is 72.9 Å². The van der Waals surface area contributed by atoms with Gasteiger partial charge in [-0.2, -0.15) is 0 Å². The molecule has 3 fully saturated rings. The average Bonchev–Trinajstić information content (AvgIpc) is 3.30. The highest BCUT2D eigenvalue weighted by atomic mass is 31.2. The van der Waals surface area contributed by atoms with Crippen molar-refractivity contribution in [3.8, 4) is 0 Å². The second kappa shape index (κ2) is 14.8. The van der Waals surface area contributed by atoms with Gasteiger partial charge in [0.05, 0.1) is 25.4 Å². The molecule has 0 radical (unpaired) electrons. The van der Waals surface area contributed by atoms with Crippen LogP contribution in [0.25, 0.3) is 0 Å². The second-order valence-electron chi connectivity index (χ2n) is 12.6. The smallest absolute Gasteiger partial charge is 0.345 e. The van der Waals surface area contributed by atoms with Crippen molar-refractivity contribution in [2.45, 2.75) is 103 Å². The van der Waals surface area contributed by atoms with Gasteiger partial charge in [-0.15, -0.1) is 13.2 Å². The van der Waals surface area contributed by atoms with E-state index in [4.69, 9.17) is 9.05 Å². The van der Waals surface area contributed by atoms with Gasteiger partial charge < -0.3 is 19.3 Å². The highest BCUT2D eigenvalue weighted by Gasteiger charge is 2.54. The number of allylic oxidation sites excluding steroid dienone is 7. The van der Waals surface area contributed by atoms with Crippen LogP contribution in [0.1, 0.15) is 85.5 Å². The number of aliphatic hydroxyl groups is 2. The highest BCUT2D eigenvalue weighted by molar-refractivity contribution is 7.57. The average molecular weight is 601 g/mol. The summed E-state index contributed by atoms with van der Waals surface area (Å²) in [7, 11) is -3.81. The zero-order valence-corrected chi connectivity index (χ0v) is 27.1. The van der Waals surface area contributed by atoms with Gasteiger partial charge in [0.15, 0.2) is 5.78 Å². The summed E-state index contributed by atoms with van der Waals surface area (Å²) in [5, 5.41) is 19.0. The lowest BCUT2D eigenvalue weighted by Crippen LogP contribution is -2.39. The molecule has 7 heteroatoms. The predicted octanol–water partition coefficient (Wildman–Crippen LogP) is 8.05. The summed E-state index contributed by atoms with van der Waals surface area (Å²) < 4.78 is 25.4. The molecule has 3 aliphatic carbocycles. The first-order valence-corrected chi connectivity index (χ1v) is 17.3. The molecule has 0 heterocycles. The van der Waals surface area contributed by atoms with E-state index in [1.165, 1.54) is 5.57 Å². The van der Waals surface area contributed by atoms with Gasteiger partial charge >= 0.3 is 7.60 Å². The van der Waals surface area contributed by atoms with Gasteiger partial charge in [0.25, 0.3) is 0 Å². The number of hydrogen-bond donors (Lipinski definition) is 2. The number of fused-ring (bicyclic) bond motifs is 1. The van der Waals surface area contributed by atoms with Crippen molar-refractivity contribution in [3.05, 3.63) is 72.9 Å². The summed E-state index contributed by atoms with van der Waals surface area (Å²) in [6.07, 6.45) is 16.6. The van der Waals surface area contributed by atoms with E-state index in [0.29, 0.717) is 30.3 Å². The molecule has 42 heavy (non-hydrogen) atoms. The Morgan fingerprint density at radius 3 is 2.38 bits per heavy atom. The van der Waals surface area contributed by atoms with Crippen LogP contribution in [0.5, 0.6) is 0 Å². The Hall–Kier alpha value is -1.82. The molecule has 0 aliphatic heterocycles. The fourth-order valence-corrected chi connectivity index (χ4v) is 10.2. The third kappa shape index (κ3) is 6.94. The van der Waals surface area contributed by atoms with Crippen LogP contribution in [0, 0.1) is 23.2 Å². The fourth-order valence-electron chi connectivity index (χ4n) is 7.88. The van der Waals surface area contributed by atoms with E-state index in [1.54, 1.807) is 32.1 Å². The van der Waals surface area contributed by atoms with E-state index in [1.807, 2.05) is 6.08 Å². The number of ketones is 1. The van der Waals surface area contributed by atoms with Crippen molar-refractivity contribution in [2.24, 2.45) is 23.2 Å². The van der Waals surface area contributed by atoms with Gasteiger partial charge in [0.1, 0.15) is 5.16 Å². The molecule has 3 aliphatic rings. The van der Waals surface area contributed by atoms with E-state index in [-0.39, 0.29) is 43.2 Å². The van der Waals surface area contributed by atoms with Crippen molar-refractivity contribution in [3.63, 3.8) is 0 Å². The fraction of sp³-hybridized carbons (Fsp3) is 0.629. The largest absolute Gasteiger partial charge is 0.393 e. The number of carbonyl (C=O) groups excluding carboxylic acids is 1. The molecule has 0 spiro atoms. The Balaban J connectivity index is 1.85. The van der Waals surface area contributed by atoms with E-state index in [2.05, 4.69) is 45.7 Å². The predicted molar refractivity (Wildman–Crippen MR) is 171 cm³/mol. The molecule has 3 saturated carbocycles. The van der Waals surface area contributed by atoms with E-state index in [0.717, 1.165) is 37.7 Å². The molecule has 1 unspecified atom stereocenters. The van der Waals surface area contributed by atoms with Gasteiger partial charge in [-0.1, -0.05) is 56.4 Å². The van der Waals surface area contributed by atoms with Crippen LogP contribution in [-0.2, 0) is 18.4 Å². The van der Waals surface area contributed by atoms with E-state index in [9.17, 15) is 19.6 Å². The molecule has 6 nitrogen and oxygen atoms in total. The van der Waals surface area contributed by atoms with Gasteiger partial charge in [-0.05, 0) is 106 Å². The van der Waals surface area contributed by atoms with Crippen LogP contribution in [0.2, 0.25) is 0 Å². The summed E-state index contributed by atoms with van der Waals surface area (Å²) in [6, 6.07) is 0. The molecule has 6 atom stereocenters. The van der Waals surface area contributed by atoms with Gasteiger partial charge in [0.2, 0.25) is 0 Å². The lowest BCUT2D eigenvalue weighted by molar-refractivity contribution is -0.117. The number of carbonyl (C=O) groups is 1. The standard InChI is InChI=1S/C35H53O6P/c1-8-20-35(21-9-2,42(39,40-10-3)41-11-4)33(38)19-14-25(5)30-17-18-31-27(13-12-22-34(30,31)7)15-16-28-23-29(36)24-32(37)26(28)6/h8-9,14-16,19,25,29-32,36-37H,1-2,6,10-13,17-18,20-24H2,3-5,7H3/t25-,29-,30-,31?,32+,34-/m1/s1. The third-order valence-corrected chi connectivity index (χ3v) is 12.9. The van der Waals surface area contributed by atoms with Gasteiger partial charge in [-0.3, -0.25) is 9.36 Å². The Morgan fingerprint density at radius 1 is 1.14 bits per heavy atom. The van der Waals surface area contributed by atoms with Crippen molar-refractivity contribution in [1.82, 2.24) is 0 Å². The quantitative estimate of drug-likeness (QED) is 0.119. The highest BCUT2D eigenvalue weighted by Crippen LogP contribution is 2.64. The second-order valence-corrected chi connectivity index (χ2v) is 15.0. The number of rotatable bonds is 14. The van der Waals surface area contributed by atoms with Crippen LogP contribution in [0.3, 0.4) is 0 Å². The first kappa shape index (κ1) is 34.7. The SMILES string of the molecule is C=CCC(CC=C)(C(=O)C=C[C@@H](C)[C@H]1CCC2C(=CC=C3C[C@@H](O)C[C@H](O)C3=C)CCC[C@@]21C)P(=O)(OCC)OCC. The minimum absolute atomic E-state index is 0.100. The van der Waals surface area contributed by atoms with E-state index >= 15 is 0 Å². The summed E-state index contributed by atoms with van der Waals surface area (Å²) in [4.78, 5) is 13.9. The molecular formula is C35H53O6P. The third-order valence-electron chi connectivity index (χ3n) is 10.0.